The van der Waals surface area contributed by atoms with Crippen molar-refractivity contribution in [1.29, 1.82) is 0 Å². The van der Waals surface area contributed by atoms with E-state index in [1.807, 2.05) is 54.5 Å². The van der Waals surface area contributed by atoms with Crippen LogP contribution in [0, 0.1) is 6.92 Å². The summed E-state index contributed by atoms with van der Waals surface area (Å²) in [4.78, 5) is 22.6. The summed E-state index contributed by atoms with van der Waals surface area (Å²) in [6.45, 7) is 2.75. The fraction of sp³-hybridized carbons (Fsp3) is 0.231. The van der Waals surface area contributed by atoms with Crippen LogP contribution in [0.3, 0.4) is 0 Å². The molecule has 0 bridgehead atoms. The summed E-state index contributed by atoms with van der Waals surface area (Å²) in [6.07, 6.45) is 3.99. The van der Waals surface area contributed by atoms with Crippen LogP contribution in [-0.2, 0) is 17.8 Å². The standard InChI is InChI=1S/C26H27N3O/c1-19-14-15-23-22(17-19)21(26(28-23)24-12-6-7-16-27-24)11-8-13-25(30)29(2)18-20-9-4-3-5-10-20/h3-7,9-10,12,14-17,28H,8,11,13,18H2,1-2H3. The third-order valence-electron chi connectivity index (χ3n) is 5.49. The zero-order valence-corrected chi connectivity index (χ0v) is 17.6. The van der Waals surface area contributed by atoms with Crippen LogP contribution >= 0.6 is 0 Å². The maximum absolute atomic E-state index is 12.7. The molecule has 0 fully saturated rings. The average molecular weight is 398 g/mol. The molecule has 4 aromatic rings. The van der Waals surface area contributed by atoms with Gasteiger partial charge in [0.15, 0.2) is 0 Å². The second-order valence-corrected chi connectivity index (χ2v) is 7.83. The van der Waals surface area contributed by atoms with Crippen LogP contribution in [0.25, 0.3) is 22.3 Å². The molecule has 0 saturated heterocycles. The first-order chi connectivity index (χ1) is 14.6. The van der Waals surface area contributed by atoms with Gasteiger partial charge < -0.3 is 9.88 Å². The fourth-order valence-corrected chi connectivity index (χ4v) is 3.90. The van der Waals surface area contributed by atoms with Crippen LogP contribution in [0.4, 0.5) is 0 Å². The Labute approximate surface area is 177 Å². The van der Waals surface area contributed by atoms with Gasteiger partial charge in [0.1, 0.15) is 0 Å². The third kappa shape index (κ3) is 4.43. The summed E-state index contributed by atoms with van der Waals surface area (Å²) in [5, 5.41) is 1.22. The van der Waals surface area contributed by atoms with Crippen molar-refractivity contribution in [3.63, 3.8) is 0 Å². The van der Waals surface area contributed by atoms with E-state index in [0.717, 1.165) is 35.3 Å². The van der Waals surface area contributed by atoms with E-state index in [0.29, 0.717) is 13.0 Å². The number of aryl methyl sites for hydroxylation is 2. The maximum atomic E-state index is 12.7. The van der Waals surface area contributed by atoms with Gasteiger partial charge in [-0.1, -0.05) is 48.0 Å². The Bertz CT molecular complexity index is 1130. The molecule has 0 aliphatic carbocycles. The number of H-pyrrole nitrogens is 1. The van der Waals surface area contributed by atoms with Crippen molar-refractivity contribution in [3.8, 4) is 11.4 Å². The van der Waals surface area contributed by atoms with E-state index in [1.54, 1.807) is 0 Å². The predicted octanol–water partition coefficient (Wildman–Crippen LogP) is 5.52. The molecule has 4 nitrogen and oxygen atoms in total. The van der Waals surface area contributed by atoms with Crippen LogP contribution in [0.15, 0.2) is 72.9 Å². The van der Waals surface area contributed by atoms with Crippen molar-refractivity contribution in [1.82, 2.24) is 14.9 Å². The predicted molar refractivity (Wildman–Crippen MR) is 122 cm³/mol. The SMILES string of the molecule is Cc1ccc2[nH]c(-c3ccccn3)c(CCCC(=O)N(C)Cc3ccccc3)c2c1. The summed E-state index contributed by atoms with van der Waals surface area (Å²) < 4.78 is 0. The smallest absolute Gasteiger partial charge is 0.222 e. The van der Waals surface area contributed by atoms with E-state index < -0.39 is 0 Å². The number of nitrogens with one attached hydrogen (secondary N) is 1. The highest BCUT2D eigenvalue weighted by molar-refractivity contribution is 5.90. The Morgan fingerprint density at radius 2 is 1.83 bits per heavy atom. The lowest BCUT2D eigenvalue weighted by Crippen LogP contribution is -2.25. The molecule has 0 aliphatic heterocycles. The van der Waals surface area contributed by atoms with Crippen LogP contribution in [-0.4, -0.2) is 27.8 Å². The monoisotopic (exact) mass is 397 g/mol. The summed E-state index contributed by atoms with van der Waals surface area (Å²) in [7, 11) is 1.88. The average Bonchev–Trinajstić information content (AvgIpc) is 3.12. The zero-order valence-electron chi connectivity index (χ0n) is 17.6. The van der Waals surface area contributed by atoms with Crippen LogP contribution in [0.1, 0.15) is 29.5 Å². The number of fused-ring (bicyclic) bond motifs is 1. The van der Waals surface area contributed by atoms with Crippen molar-refractivity contribution in [2.45, 2.75) is 32.7 Å². The minimum absolute atomic E-state index is 0.175. The highest BCUT2D eigenvalue weighted by atomic mass is 16.2. The van der Waals surface area contributed by atoms with Gasteiger partial charge in [-0.3, -0.25) is 9.78 Å². The third-order valence-corrected chi connectivity index (χ3v) is 5.49. The highest BCUT2D eigenvalue weighted by Gasteiger charge is 2.15. The number of hydrogen-bond acceptors (Lipinski definition) is 2. The van der Waals surface area contributed by atoms with Crippen molar-refractivity contribution >= 4 is 16.8 Å². The number of pyridine rings is 1. The molecule has 0 atom stereocenters. The first-order valence-corrected chi connectivity index (χ1v) is 10.4. The Morgan fingerprint density at radius 3 is 2.60 bits per heavy atom. The Hall–Kier alpha value is -3.40. The van der Waals surface area contributed by atoms with Gasteiger partial charge in [0.05, 0.1) is 11.4 Å². The van der Waals surface area contributed by atoms with Gasteiger partial charge in [0.2, 0.25) is 5.91 Å². The minimum Gasteiger partial charge on any atom is -0.353 e. The lowest BCUT2D eigenvalue weighted by atomic mass is 10.0. The number of rotatable bonds is 7. The molecule has 1 amide bonds. The molecule has 0 radical (unpaired) electrons. The number of carbonyl (C=O) groups excluding carboxylic acids is 1. The number of benzene rings is 2. The van der Waals surface area contributed by atoms with E-state index in [-0.39, 0.29) is 5.91 Å². The normalized spacial score (nSPS) is 11.0. The van der Waals surface area contributed by atoms with Crippen LogP contribution in [0.5, 0.6) is 0 Å². The lowest BCUT2D eigenvalue weighted by Gasteiger charge is -2.17. The quantitative estimate of drug-likeness (QED) is 0.446. The Kier molecular flexibility index (Phi) is 5.94. The van der Waals surface area contributed by atoms with Gasteiger partial charge >= 0.3 is 0 Å². The number of aromatic nitrogens is 2. The van der Waals surface area contributed by atoms with E-state index in [2.05, 4.69) is 47.2 Å². The highest BCUT2D eigenvalue weighted by Crippen LogP contribution is 2.31. The topological polar surface area (TPSA) is 49.0 Å². The molecule has 0 saturated carbocycles. The largest absolute Gasteiger partial charge is 0.353 e. The number of hydrogen-bond donors (Lipinski definition) is 1. The van der Waals surface area contributed by atoms with E-state index in [1.165, 1.54) is 16.5 Å². The lowest BCUT2D eigenvalue weighted by molar-refractivity contribution is -0.130. The van der Waals surface area contributed by atoms with E-state index >= 15 is 0 Å². The van der Waals surface area contributed by atoms with Gasteiger partial charge in [-0.15, -0.1) is 0 Å². The van der Waals surface area contributed by atoms with Crippen molar-refractivity contribution < 1.29 is 4.79 Å². The summed E-state index contributed by atoms with van der Waals surface area (Å²) in [5.41, 5.74) is 6.73. The number of carbonyl (C=O) groups is 1. The molecule has 0 aliphatic rings. The van der Waals surface area contributed by atoms with Crippen molar-refractivity contribution in [2.75, 3.05) is 7.05 Å². The molecule has 2 aromatic carbocycles. The van der Waals surface area contributed by atoms with Gasteiger partial charge in [-0.05, 0) is 55.2 Å². The minimum atomic E-state index is 0.175. The van der Waals surface area contributed by atoms with Gasteiger partial charge in [0.25, 0.3) is 0 Å². The van der Waals surface area contributed by atoms with Crippen LogP contribution in [0.2, 0.25) is 0 Å². The first kappa shape index (κ1) is 19.9. The first-order valence-electron chi connectivity index (χ1n) is 10.4. The molecule has 0 unspecified atom stereocenters. The molecule has 30 heavy (non-hydrogen) atoms. The van der Waals surface area contributed by atoms with Crippen LogP contribution < -0.4 is 0 Å². The molecule has 152 valence electrons. The number of amides is 1. The van der Waals surface area contributed by atoms with E-state index in [4.69, 9.17) is 0 Å². The second-order valence-electron chi connectivity index (χ2n) is 7.83. The number of aromatic amines is 1. The molecule has 4 rings (SSSR count). The van der Waals surface area contributed by atoms with E-state index in [9.17, 15) is 4.79 Å². The van der Waals surface area contributed by atoms with Crippen molar-refractivity contribution in [2.24, 2.45) is 0 Å². The van der Waals surface area contributed by atoms with Gasteiger partial charge in [0, 0.05) is 37.1 Å². The molecule has 4 heteroatoms. The molecular weight excluding hydrogens is 370 g/mol. The molecule has 2 heterocycles. The molecule has 2 aromatic heterocycles. The maximum Gasteiger partial charge on any atom is 0.222 e. The number of nitrogens with zero attached hydrogens (tertiary/aromatic N) is 2. The molecule has 0 spiro atoms. The summed E-state index contributed by atoms with van der Waals surface area (Å²) in [5.74, 6) is 0.175. The summed E-state index contributed by atoms with van der Waals surface area (Å²) in [6, 6.07) is 22.5. The molecule has 1 N–H and O–H groups in total. The van der Waals surface area contributed by atoms with Gasteiger partial charge in [-0.2, -0.15) is 0 Å². The fourth-order valence-electron chi connectivity index (χ4n) is 3.90. The second kappa shape index (κ2) is 8.95. The van der Waals surface area contributed by atoms with Crippen molar-refractivity contribution in [3.05, 3.63) is 89.6 Å². The summed E-state index contributed by atoms with van der Waals surface area (Å²) >= 11 is 0. The Morgan fingerprint density at radius 1 is 1.03 bits per heavy atom. The van der Waals surface area contributed by atoms with Gasteiger partial charge in [-0.25, -0.2) is 0 Å². The molecular formula is C26H27N3O. The Balaban J connectivity index is 1.49. The zero-order chi connectivity index (χ0) is 20.9.